The smallest absolute Gasteiger partial charge is 0.0438 e. The van der Waals surface area contributed by atoms with Crippen LogP contribution in [0.5, 0.6) is 0 Å². The largest absolute Gasteiger partial charge is 0.310 e. The summed E-state index contributed by atoms with van der Waals surface area (Å²) in [6.45, 7) is 5.26. The second kappa shape index (κ2) is 7.09. The molecule has 1 aromatic carbocycles. The van der Waals surface area contributed by atoms with E-state index in [1.165, 1.54) is 10.4 Å². The van der Waals surface area contributed by atoms with Crippen molar-refractivity contribution in [3.63, 3.8) is 0 Å². The molecule has 3 heteroatoms. The van der Waals surface area contributed by atoms with Gasteiger partial charge in [-0.1, -0.05) is 36.7 Å². The molecule has 0 radical (unpaired) electrons. The first-order valence-electron chi connectivity index (χ1n) is 6.72. The van der Waals surface area contributed by atoms with E-state index in [1.807, 2.05) is 18.3 Å². The molecule has 1 unspecified atom stereocenters. The number of hydrogen-bond donors (Lipinski definition) is 1. The molecule has 19 heavy (non-hydrogen) atoms. The van der Waals surface area contributed by atoms with Crippen LogP contribution in [0.4, 0.5) is 0 Å². The zero-order valence-corrected chi connectivity index (χ0v) is 13.0. The molecule has 0 spiro atoms. The first-order chi connectivity index (χ1) is 9.20. The van der Waals surface area contributed by atoms with Crippen molar-refractivity contribution in [3.05, 3.63) is 56.7 Å². The van der Waals surface area contributed by atoms with Crippen LogP contribution in [0.3, 0.4) is 0 Å². The molecule has 1 heterocycles. The Kier molecular flexibility index (Phi) is 5.44. The summed E-state index contributed by atoms with van der Waals surface area (Å²) < 4.78 is 0. The lowest BCUT2D eigenvalue weighted by Crippen LogP contribution is -2.23. The third-order valence-corrected chi connectivity index (χ3v) is 4.53. The van der Waals surface area contributed by atoms with Gasteiger partial charge in [0.15, 0.2) is 0 Å². The molecule has 0 aliphatic rings. The second-order valence-electron chi connectivity index (χ2n) is 4.80. The van der Waals surface area contributed by atoms with Crippen molar-refractivity contribution < 1.29 is 0 Å². The normalized spacial score (nSPS) is 12.6. The Morgan fingerprint density at radius 2 is 2.16 bits per heavy atom. The number of nitrogens with one attached hydrogen (secondary N) is 1. The zero-order valence-electron chi connectivity index (χ0n) is 11.4. The molecular formula is C16H20ClNS. The van der Waals surface area contributed by atoms with Gasteiger partial charge in [-0.2, -0.15) is 0 Å². The summed E-state index contributed by atoms with van der Waals surface area (Å²) in [6, 6.07) is 11.0. The minimum atomic E-state index is 0.344. The van der Waals surface area contributed by atoms with Gasteiger partial charge in [-0.15, -0.1) is 11.3 Å². The van der Waals surface area contributed by atoms with Gasteiger partial charge >= 0.3 is 0 Å². The van der Waals surface area contributed by atoms with Gasteiger partial charge in [0.05, 0.1) is 0 Å². The molecule has 2 rings (SSSR count). The fraction of sp³-hybridized carbons (Fsp3) is 0.375. The number of thiophene rings is 1. The first kappa shape index (κ1) is 14.6. The Labute approximate surface area is 124 Å². The number of benzene rings is 1. The highest BCUT2D eigenvalue weighted by Gasteiger charge is 2.13. The molecule has 0 bridgehead atoms. The van der Waals surface area contributed by atoms with Crippen molar-refractivity contribution >= 4 is 22.9 Å². The van der Waals surface area contributed by atoms with Crippen molar-refractivity contribution in [1.29, 1.82) is 0 Å². The maximum Gasteiger partial charge on any atom is 0.0438 e. The van der Waals surface area contributed by atoms with Gasteiger partial charge in [-0.3, -0.25) is 0 Å². The van der Waals surface area contributed by atoms with E-state index in [4.69, 9.17) is 11.6 Å². The van der Waals surface area contributed by atoms with Crippen LogP contribution < -0.4 is 5.32 Å². The molecule has 0 amide bonds. The average molecular weight is 294 g/mol. The Morgan fingerprint density at radius 3 is 2.79 bits per heavy atom. The third-order valence-electron chi connectivity index (χ3n) is 3.22. The summed E-state index contributed by atoms with van der Waals surface area (Å²) in [7, 11) is 0. The van der Waals surface area contributed by atoms with Gasteiger partial charge in [0.2, 0.25) is 0 Å². The lowest BCUT2D eigenvalue weighted by Gasteiger charge is -2.19. The maximum atomic E-state index is 6.25. The van der Waals surface area contributed by atoms with Crippen molar-refractivity contribution in [2.24, 2.45) is 0 Å². The van der Waals surface area contributed by atoms with Crippen LogP contribution in [0.2, 0.25) is 5.02 Å². The molecule has 0 saturated carbocycles. The molecular weight excluding hydrogens is 274 g/mol. The summed E-state index contributed by atoms with van der Waals surface area (Å²) in [6.07, 6.45) is 2.16. The molecule has 1 N–H and O–H groups in total. The Balaban J connectivity index is 2.18. The lowest BCUT2D eigenvalue weighted by atomic mass is 10.0. The van der Waals surface area contributed by atoms with Crippen molar-refractivity contribution in [1.82, 2.24) is 5.32 Å². The van der Waals surface area contributed by atoms with Gasteiger partial charge in [0, 0.05) is 22.4 Å². The predicted octanol–water partition coefficient (Wildman–Crippen LogP) is 4.99. The monoisotopic (exact) mass is 293 g/mol. The summed E-state index contributed by atoms with van der Waals surface area (Å²) in [5.41, 5.74) is 2.41. The Morgan fingerprint density at radius 1 is 1.32 bits per heavy atom. The van der Waals surface area contributed by atoms with E-state index in [0.717, 1.165) is 30.0 Å². The Bertz CT molecular complexity index is 507. The highest BCUT2D eigenvalue weighted by Crippen LogP contribution is 2.25. The van der Waals surface area contributed by atoms with E-state index < -0.39 is 0 Å². The van der Waals surface area contributed by atoms with Crippen LogP contribution in [-0.2, 0) is 6.42 Å². The van der Waals surface area contributed by atoms with Gasteiger partial charge < -0.3 is 5.32 Å². The summed E-state index contributed by atoms with van der Waals surface area (Å²) in [5.74, 6) is 0. The maximum absolute atomic E-state index is 6.25. The molecule has 102 valence electrons. The SMILES string of the molecule is CCCNC(Cc1cccs1)c1ccc(C)c(Cl)c1. The van der Waals surface area contributed by atoms with E-state index in [0.29, 0.717) is 6.04 Å². The van der Waals surface area contributed by atoms with Crippen LogP contribution in [-0.4, -0.2) is 6.54 Å². The number of hydrogen-bond acceptors (Lipinski definition) is 2. The molecule has 2 aromatic rings. The number of aryl methyl sites for hydroxylation is 1. The summed E-state index contributed by atoms with van der Waals surface area (Å²) in [5, 5.41) is 6.61. The van der Waals surface area contributed by atoms with E-state index in [9.17, 15) is 0 Å². The topological polar surface area (TPSA) is 12.0 Å². The lowest BCUT2D eigenvalue weighted by molar-refractivity contribution is 0.532. The van der Waals surface area contributed by atoms with Crippen molar-refractivity contribution in [3.8, 4) is 0 Å². The third kappa shape index (κ3) is 4.07. The number of halogens is 1. The minimum Gasteiger partial charge on any atom is -0.310 e. The van der Waals surface area contributed by atoms with E-state index in [-0.39, 0.29) is 0 Å². The molecule has 0 aliphatic carbocycles. The summed E-state index contributed by atoms with van der Waals surface area (Å²) in [4.78, 5) is 1.41. The fourth-order valence-electron chi connectivity index (χ4n) is 2.08. The highest BCUT2D eigenvalue weighted by molar-refractivity contribution is 7.09. The van der Waals surface area contributed by atoms with Crippen LogP contribution in [0.25, 0.3) is 0 Å². The van der Waals surface area contributed by atoms with Gasteiger partial charge in [0.25, 0.3) is 0 Å². The van der Waals surface area contributed by atoms with Crippen LogP contribution in [0, 0.1) is 6.92 Å². The Hall–Kier alpha value is -0.830. The van der Waals surface area contributed by atoms with E-state index in [2.05, 4.69) is 48.0 Å². The fourth-order valence-corrected chi connectivity index (χ4v) is 3.02. The number of rotatable bonds is 6. The second-order valence-corrected chi connectivity index (χ2v) is 6.24. The quantitative estimate of drug-likeness (QED) is 0.791. The summed E-state index contributed by atoms with van der Waals surface area (Å²) >= 11 is 8.06. The molecule has 1 aromatic heterocycles. The predicted molar refractivity (Wildman–Crippen MR) is 85.2 cm³/mol. The van der Waals surface area contributed by atoms with Crippen LogP contribution >= 0.6 is 22.9 Å². The molecule has 0 aliphatic heterocycles. The highest BCUT2D eigenvalue weighted by atomic mass is 35.5. The van der Waals surface area contributed by atoms with Gasteiger partial charge in [-0.05, 0) is 48.5 Å². The molecule has 1 nitrogen and oxygen atoms in total. The van der Waals surface area contributed by atoms with Crippen molar-refractivity contribution in [2.75, 3.05) is 6.54 Å². The van der Waals surface area contributed by atoms with Crippen LogP contribution in [0.15, 0.2) is 35.7 Å². The van der Waals surface area contributed by atoms with E-state index in [1.54, 1.807) is 0 Å². The van der Waals surface area contributed by atoms with Gasteiger partial charge in [-0.25, -0.2) is 0 Å². The minimum absolute atomic E-state index is 0.344. The van der Waals surface area contributed by atoms with Crippen LogP contribution in [0.1, 0.15) is 35.4 Å². The average Bonchev–Trinajstić information content (AvgIpc) is 2.91. The van der Waals surface area contributed by atoms with Gasteiger partial charge in [0.1, 0.15) is 0 Å². The molecule has 0 saturated heterocycles. The van der Waals surface area contributed by atoms with Crippen molar-refractivity contribution in [2.45, 2.75) is 32.7 Å². The standard InChI is InChI=1S/C16H20ClNS/c1-3-8-18-16(11-14-5-4-9-19-14)13-7-6-12(2)15(17)10-13/h4-7,9-10,16,18H,3,8,11H2,1-2H3. The molecule has 0 fully saturated rings. The first-order valence-corrected chi connectivity index (χ1v) is 7.98. The molecule has 1 atom stereocenters. The van der Waals surface area contributed by atoms with E-state index >= 15 is 0 Å². The zero-order chi connectivity index (χ0) is 13.7.